The molecule has 2 rings (SSSR count). The molecule has 0 radical (unpaired) electrons. The molecule has 7 heteroatoms. The van der Waals surface area contributed by atoms with Gasteiger partial charge in [0.15, 0.2) is 5.13 Å². The molecule has 0 aliphatic carbocycles. The van der Waals surface area contributed by atoms with E-state index in [1.165, 1.54) is 11.3 Å². The van der Waals surface area contributed by atoms with Crippen molar-refractivity contribution in [3.05, 3.63) is 40.4 Å². The van der Waals surface area contributed by atoms with Crippen LogP contribution in [0.15, 0.2) is 23.6 Å². The van der Waals surface area contributed by atoms with Crippen LogP contribution in [0.2, 0.25) is 0 Å². The number of carbonyl (C=O) groups is 2. The van der Waals surface area contributed by atoms with Crippen LogP contribution >= 0.6 is 11.3 Å². The Balaban J connectivity index is 2.15. The highest BCUT2D eigenvalue weighted by molar-refractivity contribution is 7.14. The highest BCUT2D eigenvalue weighted by Crippen LogP contribution is 2.32. The first kappa shape index (κ1) is 21.1. The van der Waals surface area contributed by atoms with E-state index in [2.05, 4.69) is 10.3 Å². The van der Waals surface area contributed by atoms with Gasteiger partial charge in [0.05, 0.1) is 17.9 Å². The summed E-state index contributed by atoms with van der Waals surface area (Å²) >= 11 is 1.43. The molecular formula is C20H28N4O2S. The summed E-state index contributed by atoms with van der Waals surface area (Å²) in [4.78, 5) is 32.4. The molecule has 0 atom stereocenters. The Kier molecular flexibility index (Phi) is 7.10. The summed E-state index contributed by atoms with van der Waals surface area (Å²) in [7, 11) is 1.88. The molecule has 0 bridgehead atoms. The van der Waals surface area contributed by atoms with Crippen LogP contribution < -0.4 is 10.2 Å². The fourth-order valence-electron chi connectivity index (χ4n) is 2.80. The molecule has 0 saturated heterocycles. The van der Waals surface area contributed by atoms with Crippen molar-refractivity contribution in [1.29, 1.82) is 0 Å². The van der Waals surface area contributed by atoms with E-state index < -0.39 is 0 Å². The Bertz CT molecular complexity index is 816. The predicted molar refractivity (Wildman–Crippen MR) is 110 cm³/mol. The van der Waals surface area contributed by atoms with Gasteiger partial charge in [-0.25, -0.2) is 4.98 Å². The number of nitrogens with zero attached hydrogens (tertiary/aromatic N) is 3. The zero-order valence-electron chi connectivity index (χ0n) is 16.9. The van der Waals surface area contributed by atoms with Crippen molar-refractivity contribution in [2.75, 3.05) is 18.5 Å². The maximum atomic E-state index is 12.3. The number of nitrogens with one attached hydrogen (secondary N) is 1. The van der Waals surface area contributed by atoms with Crippen molar-refractivity contribution >= 4 is 34.0 Å². The summed E-state index contributed by atoms with van der Waals surface area (Å²) < 4.78 is 0. The third-order valence-corrected chi connectivity index (χ3v) is 5.03. The Labute approximate surface area is 165 Å². The average Bonchev–Trinajstić information content (AvgIpc) is 2.98. The Morgan fingerprint density at radius 2 is 1.96 bits per heavy atom. The van der Waals surface area contributed by atoms with Crippen molar-refractivity contribution in [2.24, 2.45) is 0 Å². The summed E-state index contributed by atoms with van der Waals surface area (Å²) in [6.07, 6.45) is 0. The van der Waals surface area contributed by atoms with Gasteiger partial charge in [-0.1, -0.05) is 12.1 Å². The van der Waals surface area contributed by atoms with E-state index >= 15 is 0 Å². The van der Waals surface area contributed by atoms with Gasteiger partial charge in [-0.05, 0) is 51.9 Å². The van der Waals surface area contributed by atoms with Gasteiger partial charge in [0.2, 0.25) is 11.8 Å². The van der Waals surface area contributed by atoms with Crippen molar-refractivity contribution < 1.29 is 9.59 Å². The van der Waals surface area contributed by atoms with Crippen LogP contribution in [0, 0.1) is 13.8 Å². The molecule has 146 valence electrons. The van der Waals surface area contributed by atoms with E-state index in [1.807, 2.05) is 63.2 Å². The lowest BCUT2D eigenvalue weighted by atomic mass is 10.1. The van der Waals surface area contributed by atoms with E-state index in [0.29, 0.717) is 18.2 Å². The van der Waals surface area contributed by atoms with Crippen LogP contribution in [0.3, 0.4) is 0 Å². The van der Waals surface area contributed by atoms with Crippen molar-refractivity contribution in [3.8, 4) is 0 Å². The van der Waals surface area contributed by atoms with Gasteiger partial charge in [0.25, 0.3) is 0 Å². The van der Waals surface area contributed by atoms with Crippen LogP contribution in [0.25, 0.3) is 0 Å². The molecule has 2 aromatic rings. The number of carbonyl (C=O) groups excluding carboxylic acids is 2. The van der Waals surface area contributed by atoms with Crippen molar-refractivity contribution in [3.63, 3.8) is 0 Å². The molecule has 0 aliphatic rings. The van der Waals surface area contributed by atoms with Crippen LogP contribution in [0.4, 0.5) is 10.8 Å². The first-order valence-electron chi connectivity index (χ1n) is 8.98. The van der Waals surface area contributed by atoms with Gasteiger partial charge in [-0.15, -0.1) is 11.3 Å². The van der Waals surface area contributed by atoms with E-state index in [1.54, 1.807) is 11.8 Å². The molecule has 1 heterocycles. The zero-order chi connectivity index (χ0) is 20.1. The highest BCUT2D eigenvalue weighted by atomic mass is 32.1. The normalized spacial score (nSPS) is 11.1. The Morgan fingerprint density at radius 1 is 1.26 bits per heavy atom. The second-order valence-electron chi connectivity index (χ2n) is 7.09. The summed E-state index contributed by atoms with van der Waals surface area (Å²) in [5.74, 6) is -0.0852. The molecule has 1 aromatic heterocycles. The Morgan fingerprint density at radius 3 is 2.59 bits per heavy atom. The third kappa shape index (κ3) is 5.61. The molecule has 0 spiro atoms. The average molecular weight is 389 g/mol. The van der Waals surface area contributed by atoms with Gasteiger partial charge in [0.1, 0.15) is 0 Å². The molecule has 1 aromatic carbocycles. The van der Waals surface area contributed by atoms with Crippen molar-refractivity contribution in [2.45, 2.75) is 47.2 Å². The van der Waals surface area contributed by atoms with Crippen LogP contribution in [-0.4, -0.2) is 41.3 Å². The van der Waals surface area contributed by atoms with E-state index in [0.717, 1.165) is 22.5 Å². The minimum atomic E-state index is -0.0748. The number of rotatable bonds is 7. The lowest BCUT2D eigenvalue weighted by Crippen LogP contribution is -2.38. The molecule has 27 heavy (non-hydrogen) atoms. The number of aromatic nitrogens is 1. The first-order valence-corrected chi connectivity index (χ1v) is 9.86. The zero-order valence-corrected chi connectivity index (χ0v) is 17.7. The fourth-order valence-corrected chi connectivity index (χ4v) is 3.67. The smallest absolute Gasteiger partial charge is 0.234 e. The largest absolute Gasteiger partial charge is 0.353 e. The van der Waals surface area contributed by atoms with E-state index in [9.17, 15) is 9.59 Å². The second-order valence-corrected chi connectivity index (χ2v) is 7.93. The lowest BCUT2D eigenvalue weighted by molar-refractivity contribution is -0.122. The molecule has 1 N–H and O–H groups in total. The molecule has 0 saturated carbocycles. The van der Waals surface area contributed by atoms with E-state index in [4.69, 9.17) is 0 Å². The molecule has 0 unspecified atom stereocenters. The number of hydrogen-bond donors (Lipinski definition) is 1. The molecule has 0 aliphatic heterocycles. The number of likely N-dealkylation sites (N-methyl/N-ethyl adjacent to an activating group) is 1. The van der Waals surface area contributed by atoms with Gasteiger partial charge in [-0.2, -0.15) is 0 Å². The molecule has 6 nitrogen and oxygen atoms in total. The van der Waals surface area contributed by atoms with Gasteiger partial charge in [-0.3, -0.25) is 19.4 Å². The standard InChI is InChI=1S/C20H28N4O2S/c1-13(2)21-19(26)11-23(6)10-17-12-27-20(22-17)24(16(5)25)18-9-7-8-14(3)15(18)4/h7-9,12-13H,10-11H2,1-6H3,(H,21,26). The fraction of sp³-hybridized carbons (Fsp3) is 0.450. The van der Waals surface area contributed by atoms with Crippen molar-refractivity contribution in [1.82, 2.24) is 15.2 Å². The van der Waals surface area contributed by atoms with Crippen LogP contribution in [0.1, 0.15) is 37.6 Å². The summed E-state index contributed by atoms with van der Waals surface area (Å²) in [6.45, 7) is 10.3. The number of anilines is 2. The van der Waals surface area contributed by atoms with Gasteiger partial charge in [0, 0.05) is 24.9 Å². The second kappa shape index (κ2) is 9.10. The highest BCUT2D eigenvalue weighted by Gasteiger charge is 2.20. The number of aryl methyl sites for hydroxylation is 1. The van der Waals surface area contributed by atoms with Crippen LogP contribution in [0.5, 0.6) is 0 Å². The summed E-state index contributed by atoms with van der Waals surface area (Å²) in [5.41, 5.74) is 3.89. The van der Waals surface area contributed by atoms with Crippen LogP contribution in [-0.2, 0) is 16.1 Å². The topological polar surface area (TPSA) is 65.5 Å². The van der Waals surface area contributed by atoms with Gasteiger partial charge < -0.3 is 5.32 Å². The quantitative estimate of drug-likeness (QED) is 0.789. The summed E-state index contributed by atoms with van der Waals surface area (Å²) in [6, 6.07) is 6.04. The van der Waals surface area contributed by atoms with E-state index in [-0.39, 0.29) is 17.9 Å². The maximum absolute atomic E-state index is 12.3. The molecule has 2 amide bonds. The van der Waals surface area contributed by atoms with Gasteiger partial charge >= 0.3 is 0 Å². The number of benzene rings is 1. The maximum Gasteiger partial charge on any atom is 0.234 e. The summed E-state index contributed by atoms with van der Waals surface area (Å²) in [5, 5.41) is 5.46. The SMILES string of the molecule is CC(=O)N(c1nc(CN(C)CC(=O)NC(C)C)cs1)c1cccc(C)c1C. The minimum Gasteiger partial charge on any atom is -0.353 e. The monoisotopic (exact) mass is 388 g/mol. The number of thiazole rings is 1. The first-order chi connectivity index (χ1) is 12.7. The lowest BCUT2D eigenvalue weighted by Gasteiger charge is -2.21. The molecule has 0 fully saturated rings. The number of amides is 2. The third-order valence-electron chi connectivity index (χ3n) is 4.16. The molecular weight excluding hydrogens is 360 g/mol. The predicted octanol–water partition coefficient (Wildman–Crippen LogP) is 3.40. The minimum absolute atomic E-state index is 0.0105. The number of hydrogen-bond acceptors (Lipinski definition) is 5. The Hall–Kier alpha value is -2.25.